The zero-order chi connectivity index (χ0) is 14.4. The van der Waals surface area contributed by atoms with Crippen LogP contribution in [0, 0.1) is 0 Å². The minimum absolute atomic E-state index is 0.385. The van der Waals surface area contributed by atoms with Crippen molar-refractivity contribution in [2.24, 2.45) is 0 Å². The molecule has 1 aliphatic heterocycles. The molecule has 3 heteroatoms. The van der Waals surface area contributed by atoms with Crippen LogP contribution in [0.2, 0.25) is 0 Å². The maximum Gasteiger partial charge on any atom is 0.119 e. The van der Waals surface area contributed by atoms with Crippen molar-refractivity contribution in [3.63, 3.8) is 0 Å². The van der Waals surface area contributed by atoms with Crippen molar-refractivity contribution >= 4 is 0 Å². The average molecular weight is 278 g/mol. The Labute approximate surface area is 122 Å². The van der Waals surface area contributed by atoms with Gasteiger partial charge >= 0.3 is 0 Å². The van der Waals surface area contributed by atoms with Gasteiger partial charge in [0.2, 0.25) is 0 Å². The molecule has 1 fully saturated rings. The van der Waals surface area contributed by atoms with Gasteiger partial charge in [-0.3, -0.25) is 0 Å². The number of ether oxygens (including phenoxy) is 2. The van der Waals surface area contributed by atoms with Crippen LogP contribution >= 0.6 is 0 Å². The van der Waals surface area contributed by atoms with E-state index in [0.717, 1.165) is 38.3 Å². The molecule has 0 spiro atoms. The highest BCUT2D eigenvalue weighted by molar-refractivity contribution is 5.28. The predicted octanol–water partition coefficient (Wildman–Crippen LogP) is 1.71. The average Bonchev–Trinajstić information content (AvgIpc) is 2.43. The van der Waals surface area contributed by atoms with Crippen molar-refractivity contribution in [3.8, 4) is 5.75 Å². The Kier molecular flexibility index (Phi) is 5.86. The Hall–Kier alpha value is -1.06. The molecule has 0 amide bonds. The third kappa shape index (κ3) is 4.80. The molecule has 0 radical (unpaired) electrons. The predicted molar refractivity (Wildman–Crippen MR) is 81.5 cm³/mol. The van der Waals surface area contributed by atoms with E-state index in [-0.39, 0.29) is 0 Å². The van der Waals surface area contributed by atoms with Gasteiger partial charge in [-0.05, 0) is 38.0 Å². The smallest absolute Gasteiger partial charge is 0.119 e. The number of morpholine rings is 1. The molecule has 1 aromatic rings. The van der Waals surface area contributed by atoms with Gasteiger partial charge in [0.1, 0.15) is 31.0 Å². The second-order valence-corrected chi connectivity index (χ2v) is 5.87. The summed E-state index contributed by atoms with van der Waals surface area (Å²) in [5.41, 5.74) is 1.34. The highest BCUT2D eigenvalue weighted by atomic mass is 16.5. The molecule has 0 saturated carbocycles. The first-order chi connectivity index (χ1) is 9.67. The van der Waals surface area contributed by atoms with Crippen LogP contribution in [-0.4, -0.2) is 38.4 Å². The second-order valence-electron chi connectivity index (χ2n) is 5.87. The molecule has 112 valence electrons. The van der Waals surface area contributed by atoms with E-state index in [9.17, 15) is 0 Å². The molecule has 1 aromatic carbocycles. The summed E-state index contributed by atoms with van der Waals surface area (Å²) in [5, 5.41) is 0. The lowest BCUT2D eigenvalue weighted by Gasteiger charge is -2.32. The van der Waals surface area contributed by atoms with E-state index >= 15 is 0 Å². The number of hydrogen-bond acceptors (Lipinski definition) is 2. The lowest BCUT2D eigenvalue weighted by Crippen LogP contribution is -3.15. The fourth-order valence-corrected chi connectivity index (χ4v) is 2.96. The van der Waals surface area contributed by atoms with E-state index in [2.05, 4.69) is 39.0 Å². The Morgan fingerprint density at radius 2 is 2.00 bits per heavy atom. The highest BCUT2D eigenvalue weighted by Crippen LogP contribution is 2.13. The normalized spacial score (nSPS) is 26.4. The van der Waals surface area contributed by atoms with Crippen molar-refractivity contribution in [2.45, 2.75) is 45.8 Å². The maximum atomic E-state index is 5.85. The van der Waals surface area contributed by atoms with Crippen molar-refractivity contribution in [1.29, 1.82) is 0 Å². The summed E-state index contributed by atoms with van der Waals surface area (Å²) in [6.45, 7) is 10.7. The van der Waals surface area contributed by atoms with E-state index in [0.29, 0.717) is 12.2 Å². The number of rotatable bonds is 6. The van der Waals surface area contributed by atoms with Crippen molar-refractivity contribution < 1.29 is 14.4 Å². The number of aryl methyl sites for hydroxylation is 1. The van der Waals surface area contributed by atoms with Crippen LogP contribution < -0.4 is 9.64 Å². The Balaban J connectivity index is 1.68. The van der Waals surface area contributed by atoms with E-state index in [1.54, 1.807) is 4.90 Å². The summed E-state index contributed by atoms with van der Waals surface area (Å²) >= 11 is 0. The van der Waals surface area contributed by atoms with Gasteiger partial charge in [0, 0.05) is 6.42 Å². The van der Waals surface area contributed by atoms with Crippen molar-refractivity contribution in [1.82, 2.24) is 0 Å². The summed E-state index contributed by atoms with van der Waals surface area (Å²) in [6.07, 6.45) is 2.93. The van der Waals surface area contributed by atoms with Crippen LogP contribution in [0.15, 0.2) is 24.3 Å². The fourth-order valence-electron chi connectivity index (χ4n) is 2.96. The molecule has 3 nitrogen and oxygen atoms in total. The zero-order valence-corrected chi connectivity index (χ0v) is 13.0. The second kappa shape index (κ2) is 7.65. The largest absolute Gasteiger partial charge is 0.493 e. The molecule has 2 rings (SSSR count). The maximum absolute atomic E-state index is 5.85. The quantitative estimate of drug-likeness (QED) is 0.801. The summed E-state index contributed by atoms with van der Waals surface area (Å²) < 4.78 is 11.6. The lowest BCUT2D eigenvalue weighted by atomic mass is 10.2. The van der Waals surface area contributed by atoms with E-state index < -0.39 is 0 Å². The van der Waals surface area contributed by atoms with Gasteiger partial charge in [-0.25, -0.2) is 0 Å². The minimum Gasteiger partial charge on any atom is -0.493 e. The summed E-state index contributed by atoms with van der Waals surface area (Å²) in [5.74, 6) is 1.00. The SMILES string of the molecule is CCc1cccc(OCCC[NH+]2C[C@@H](C)O[C@H](C)C2)c1. The van der Waals surface area contributed by atoms with Gasteiger partial charge in [-0.2, -0.15) is 0 Å². The minimum atomic E-state index is 0.385. The number of benzene rings is 1. The third-order valence-corrected chi connectivity index (χ3v) is 3.87. The molecule has 20 heavy (non-hydrogen) atoms. The first kappa shape index (κ1) is 15.3. The van der Waals surface area contributed by atoms with E-state index in [1.807, 2.05) is 6.07 Å². The number of nitrogens with one attached hydrogen (secondary N) is 1. The van der Waals surface area contributed by atoms with Crippen molar-refractivity contribution in [2.75, 3.05) is 26.2 Å². The van der Waals surface area contributed by atoms with Crippen molar-refractivity contribution in [3.05, 3.63) is 29.8 Å². The molecule has 0 unspecified atom stereocenters. The number of quaternary nitrogens is 1. The Bertz CT molecular complexity index is 398. The van der Waals surface area contributed by atoms with Crippen LogP contribution in [0.4, 0.5) is 0 Å². The van der Waals surface area contributed by atoms with Gasteiger partial charge in [0.15, 0.2) is 0 Å². The Morgan fingerprint density at radius 3 is 2.70 bits per heavy atom. The molecular formula is C17H28NO2+. The molecule has 1 aliphatic rings. The fraction of sp³-hybridized carbons (Fsp3) is 0.647. The lowest BCUT2D eigenvalue weighted by molar-refractivity contribution is -0.915. The van der Waals surface area contributed by atoms with Gasteiger partial charge in [-0.1, -0.05) is 19.1 Å². The van der Waals surface area contributed by atoms with Gasteiger partial charge < -0.3 is 14.4 Å². The molecule has 0 bridgehead atoms. The molecule has 1 N–H and O–H groups in total. The van der Waals surface area contributed by atoms with Crippen LogP contribution in [0.5, 0.6) is 5.75 Å². The molecule has 0 aromatic heterocycles. The van der Waals surface area contributed by atoms with Crippen LogP contribution in [0.3, 0.4) is 0 Å². The summed E-state index contributed by atoms with van der Waals surface area (Å²) in [7, 11) is 0. The Morgan fingerprint density at radius 1 is 1.25 bits per heavy atom. The number of hydrogen-bond donors (Lipinski definition) is 1. The standard InChI is InChI=1S/C17H27NO2/c1-4-16-7-5-8-17(11-16)19-10-6-9-18-12-14(2)20-15(3)13-18/h5,7-8,11,14-15H,4,6,9-10,12-13H2,1-3H3/p+1/t14-,15-/m1/s1. The van der Waals surface area contributed by atoms with Gasteiger partial charge in [0.25, 0.3) is 0 Å². The topological polar surface area (TPSA) is 22.9 Å². The third-order valence-electron chi connectivity index (χ3n) is 3.87. The highest BCUT2D eigenvalue weighted by Gasteiger charge is 2.24. The van der Waals surface area contributed by atoms with Crippen LogP contribution in [0.1, 0.15) is 32.8 Å². The molecule has 2 atom stereocenters. The first-order valence-electron chi connectivity index (χ1n) is 7.88. The van der Waals surface area contributed by atoms with Crippen LogP contribution in [-0.2, 0) is 11.2 Å². The molecule has 1 saturated heterocycles. The van der Waals surface area contributed by atoms with Crippen LogP contribution in [0.25, 0.3) is 0 Å². The first-order valence-corrected chi connectivity index (χ1v) is 7.88. The monoisotopic (exact) mass is 278 g/mol. The molecule has 0 aliphatic carbocycles. The van der Waals surface area contributed by atoms with Gasteiger partial charge in [0.05, 0.1) is 13.2 Å². The summed E-state index contributed by atoms with van der Waals surface area (Å²) in [6, 6.07) is 8.41. The van der Waals surface area contributed by atoms with E-state index in [4.69, 9.17) is 9.47 Å². The zero-order valence-electron chi connectivity index (χ0n) is 13.0. The molecular weight excluding hydrogens is 250 g/mol. The van der Waals surface area contributed by atoms with E-state index in [1.165, 1.54) is 12.1 Å². The molecule has 1 heterocycles. The summed E-state index contributed by atoms with van der Waals surface area (Å²) in [4.78, 5) is 1.64. The van der Waals surface area contributed by atoms with Gasteiger partial charge in [-0.15, -0.1) is 0 Å².